The monoisotopic (exact) mass is 268 g/mol. The lowest BCUT2D eigenvalue weighted by atomic mass is 10.0. The van der Waals surface area contributed by atoms with Gasteiger partial charge in [0, 0.05) is 18.8 Å². The minimum Gasteiger partial charge on any atom is -0.392 e. The van der Waals surface area contributed by atoms with E-state index in [1.54, 1.807) is 6.20 Å². The quantitative estimate of drug-likeness (QED) is 0.807. The lowest BCUT2D eigenvalue weighted by Gasteiger charge is -2.21. The lowest BCUT2D eigenvalue weighted by Crippen LogP contribution is -2.33. The van der Waals surface area contributed by atoms with Gasteiger partial charge in [0.2, 0.25) is 0 Å². The van der Waals surface area contributed by atoms with Crippen LogP contribution in [0.3, 0.4) is 0 Å². The van der Waals surface area contributed by atoms with Gasteiger partial charge < -0.3 is 10.4 Å². The van der Waals surface area contributed by atoms with Crippen LogP contribution in [-0.2, 0) is 0 Å². The fraction of sp³-hybridized carbons (Fsp3) is 0.643. The summed E-state index contributed by atoms with van der Waals surface area (Å²) in [5.41, 5.74) is 1.11. The highest BCUT2D eigenvalue weighted by molar-refractivity contribution is 6.29. The van der Waals surface area contributed by atoms with Crippen molar-refractivity contribution in [2.24, 2.45) is 5.92 Å². The highest BCUT2D eigenvalue weighted by atomic mass is 35.5. The van der Waals surface area contributed by atoms with Crippen molar-refractivity contribution in [1.82, 2.24) is 10.3 Å². The summed E-state index contributed by atoms with van der Waals surface area (Å²) in [6, 6.07) is 3.99. The third kappa shape index (κ3) is 3.67. The highest BCUT2D eigenvalue weighted by Crippen LogP contribution is 2.27. The largest absolute Gasteiger partial charge is 0.392 e. The van der Waals surface area contributed by atoms with Crippen LogP contribution in [-0.4, -0.2) is 22.7 Å². The molecule has 0 aromatic carbocycles. The summed E-state index contributed by atoms with van der Waals surface area (Å²) in [5, 5.41) is 14.0. The summed E-state index contributed by atoms with van der Waals surface area (Å²) >= 11 is 5.87. The number of rotatable bonds is 5. The van der Waals surface area contributed by atoms with Crippen LogP contribution in [0, 0.1) is 5.92 Å². The smallest absolute Gasteiger partial charge is 0.129 e. The van der Waals surface area contributed by atoms with E-state index in [0.29, 0.717) is 17.6 Å². The molecule has 1 saturated carbocycles. The second kappa shape index (κ2) is 6.50. The zero-order valence-electron chi connectivity index (χ0n) is 10.8. The van der Waals surface area contributed by atoms with E-state index in [2.05, 4.69) is 17.2 Å². The number of aromatic nitrogens is 1. The number of hydrogen-bond donors (Lipinski definition) is 2. The van der Waals surface area contributed by atoms with Crippen LogP contribution in [0.15, 0.2) is 18.3 Å². The van der Waals surface area contributed by atoms with E-state index >= 15 is 0 Å². The average molecular weight is 269 g/mol. The van der Waals surface area contributed by atoms with Crippen molar-refractivity contribution in [3.8, 4) is 0 Å². The van der Waals surface area contributed by atoms with E-state index in [9.17, 15) is 5.11 Å². The molecule has 4 heteroatoms. The molecule has 2 unspecified atom stereocenters. The first-order valence-electron chi connectivity index (χ1n) is 6.69. The van der Waals surface area contributed by atoms with Crippen LogP contribution in [0.5, 0.6) is 0 Å². The van der Waals surface area contributed by atoms with Gasteiger partial charge in [-0.25, -0.2) is 4.98 Å². The zero-order chi connectivity index (χ0) is 13.0. The Kier molecular flexibility index (Phi) is 4.98. The van der Waals surface area contributed by atoms with Gasteiger partial charge in [0.15, 0.2) is 0 Å². The molecule has 0 saturated heterocycles. The summed E-state index contributed by atoms with van der Waals surface area (Å²) in [4.78, 5) is 3.97. The van der Waals surface area contributed by atoms with Crippen LogP contribution >= 0.6 is 11.6 Å². The van der Waals surface area contributed by atoms with Crippen molar-refractivity contribution in [3.63, 3.8) is 0 Å². The molecule has 1 aliphatic rings. The molecule has 0 bridgehead atoms. The fourth-order valence-corrected chi connectivity index (χ4v) is 2.79. The molecular formula is C14H21ClN2O. The first-order chi connectivity index (χ1) is 8.66. The van der Waals surface area contributed by atoms with Gasteiger partial charge in [0.1, 0.15) is 5.15 Å². The van der Waals surface area contributed by atoms with Gasteiger partial charge in [0.25, 0.3) is 0 Å². The number of pyridine rings is 1. The van der Waals surface area contributed by atoms with E-state index in [0.717, 1.165) is 18.4 Å². The number of hydrogen-bond acceptors (Lipinski definition) is 3. The Bertz CT molecular complexity index is 380. The number of nitrogens with one attached hydrogen (secondary N) is 1. The Balaban J connectivity index is 1.82. The van der Waals surface area contributed by atoms with Gasteiger partial charge in [-0.3, -0.25) is 0 Å². The maximum atomic E-state index is 10.1. The first-order valence-corrected chi connectivity index (χ1v) is 7.07. The van der Waals surface area contributed by atoms with Crippen molar-refractivity contribution >= 4 is 11.6 Å². The maximum absolute atomic E-state index is 10.1. The van der Waals surface area contributed by atoms with Crippen LogP contribution < -0.4 is 5.32 Å². The van der Waals surface area contributed by atoms with E-state index < -0.39 is 0 Å². The summed E-state index contributed by atoms with van der Waals surface area (Å²) < 4.78 is 0. The van der Waals surface area contributed by atoms with Gasteiger partial charge in [-0.1, -0.05) is 24.4 Å². The van der Waals surface area contributed by atoms with E-state index in [1.165, 1.54) is 12.8 Å². The van der Waals surface area contributed by atoms with Crippen molar-refractivity contribution in [3.05, 3.63) is 29.0 Å². The van der Waals surface area contributed by atoms with E-state index in [4.69, 9.17) is 11.6 Å². The molecule has 0 amide bonds. The second-order valence-electron chi connectivity index (χ2n) is 5.15. The second-order valence-corrected chi connectivity index (χ2v) is 5.54. The van der Waals surface area contributed by atoms with Crippen molar-refractivity contribution in [2.75, 3.05) is 6.54 Å². The van der Waals surface area contributed by atoms with Gasteiger partial charge in [-0.2, -0.15) is 0 Å². The van der Waals surface area contributed by atoms with Crippen LogP contribution in [0.1, 0.15) is 44.2 Å². The lowest BCUT2D eigenvalue weighted by molar-refractivity contribution is 0.106. The van der Waals surface area contributed by atoms with Crippen molar-refractivity contribution in [2.45, 2.75) is 44.8 Å². The molecular weight excluding hydrogens is 248 g/mol. The standard InChI is InChI=1S/C14H21ClN2O/c1-10(12-6-7-16-14(15)8-12)17-9-13(18)11-4-2-3-5-11/h6-8,10-11,13,17-18H,2-5,9H2,1H3. The SMILES string of the molecule is CC(NCC(O)C1CCCC1)c1ccnc(Cl)c1. The van der Waals surface area contributed by atoms with Gasteiger partial charge in [-0.15, -0.1) is 0 Å². The zero-order valence-corrected chi connectivity index (χ0v) is 11.5. The number of aliphatic hydroxyl groups excluding tert-OH is 1. The normalized spacial score (nSPS) is 19.9. The molecule has 1 heterocycles. The summed E-state index contributed by atoms with van der Waals surface area (Å²) in [7, 11) is 0. The molecule has 1 aliphatic carbocycles. The van der Waals surface area contributed by atoms with Crippen molar-refractivity contribution in [1.29, 1.82) is 0 Å². The molecule has 2 atom stereocenters. The Morgan fingerprint density at radius 2 is 2.22 bits per heavy atom. The minimum absolute atomic E-state index is 0.182. The van der Waals surface area contributed by atoms with Gasteiger partial charge in [0.05, 0.1) is 6.10 Å². The molecule has 1 aromatic heterocycles. The summed E-state index contributed by atoms with van der Waals surface area (Å²) in [5.74, 6) is 0.478. The number of nitrogens with zero attached hydrogens (tertiary/aromatic N) is 1. The third-order valence-electron chi connectivity index (χ3n) is 3.83. The third-order valence-corrected chi connectivity index (χ3v) is 4.03. The first kappa shape index (κ1) is 13.8. The average Bonchev–Trinajstić information content (AvgIpc) is 2.89. The Labute approximate surface area is 114 Å². The number of halogens is 1. The van der Waals surface area contributed by atoms with Crippen LogP contribution in [0.4, 0.5) is 0 Å². The van der Waals surface area contributed by atoms with Crippen LogP contribution in [0.25, 0.3) is 0 Å². The topological polar surface area (TPSA) is 45.1 Å². The minimum atomic E-state index is -0.229. The van der Waals surface area contributed by atoms with E-state index in [-0.39, 0.29) is 12.1 Å². The molecule has 1 aromatic rings. The molecule has 0 radical (unpaired) electrons. The highest BCUT2D eigenvalue weighted by Gasteiger charge is 2.23. The number of aliphatic hydroxyl groups is 1. The van der Waals surface area contributed by atoms with Crippen LogP contribution in [0.2, 0.25) is 5.15 Å². The van der Waals surface area contributed by atoms with E-state index in [1.807, 2.05) is 12.1 Å². The molecule has 18 heavy (non-hydrogen) atoms. The van der Waals surface area contributed by atoms with Gasteiger partial charge >= 0.3 is 0 Å². The molecule has 0 aliphatic heterocycles. The van der Waals surface area contributed by atoms with Crippen molar-refractivity contribution < 1.29 is 5.11 Å². The summed E-state index contributed by atoms with van der Waals surface area (Å²) in [6.45, 7) is 2.72. The predicted octanol–water partition coefficient (Wildman–Crippen LogP) is 2.94. The summed E-state index contributed by atoms with van der Waals surface area (Å²) in [6.07, 6.45) is 6.33. The molecule has 3 nitrogen and oxygen atoms in total. The Morgan fingerprint density at radius 1 is 1.50 bits per heavy atom. The molecule has 0 spiro atoms. The van der Waals surface area contributed by atoms with Gasteiger partial charge in [-0.05, 0) is 43.4 Å². The molecule has 100 valence electrons. The molecule has 1 fully saturated rings. The fourth-order valence-electron chi connectivity index (χ4n) is 2.61. The molecule has 2 rings (SSSR count). The maximum Gasteiger partial charge on any atom is 0.129 e. The predicted molar refractivity (Wildman–Crippen MR) is 73.6 cm³/mol. The molecule has 2 N–H and O–H groups in total. The Morgan fingerprint density at radius 3 is 2.89 bits per heavy atom. The Hall–Kier alpha value is -0.640.